The Hall–Kier alpha value is -1.22. The third-order valence-electron chi connectivity index (χ3n) is 2.93. The fourth-order valence-electron chi connectivity index (χ4n) is 1.70. The molecule has 0 aliphatic carbocycles. The molecule has 0 atom stereocenters. The molecule has 0 unspecified atom stereocenters. The molecule has 1 aromatic rings. The van der Waals surface area contributed by atoms with Crippen LogP contribution in [-0.2, 0) is 5.60 Å². The highest BCUT2D eigenvalue weighted by Crippen LogP contribution is 2.34. The Bertz CT molecular complexity index is 332. The van der Waals surface area contributed by atoms with Crippen molar-refractivity contribution in [2.24, 2.45) is 0 Å². The zero-order valence-corrected chi connectivity index (χ0v) is 9.58. The summed E-state index contributed by atoms with van der Waals surface area (Å²) in [6.07, 6.45) is 1.28. The Morgan fingerprint density at radius 1 is 1.33 bits per heavy atom. The Balaban J connectivity index is 3.21. The van der Waals surface area contributed by atoms with Crippen molar-refractivity contribution in [1.82, 2.24) is 0 Å². The second kappa shape index (κ2) is 4.53. The number of rotatable bonds is 4. The molecule has 3 N–H and O–H groups in total. The lowest BCUT2D eigenvalue weighted by molar-refractivity contribution is 0.0289. The van der Waals surface area contributed by atoms with E-state index in [0.29, 0.717) is 18.5 Å². The molecule has 0 bridgehead atoms. The number of nitrogen functional groups attached to an aromatic ring is 1. The maximum absolute atomic E-state index is 10.4. The second-order valence-corrected chi connectivity index (χ2v) is 3.69. The van der Waals surface area contributed by atoms with Crippen LogP contribution in [0, 0.1) is 0 Å². The predicted octanol–water partition coefficient (Wildman–Crippen LogP) is 2.29. The van der Waals surface area contributed by atoms with Crippen molar-refractivity contribution in [3.63, 3.8) is 0 Å². The highest BCUT2D eigenvalue weighted by Gasteiger charge is 2.27. The molecule has 0 aliphatic heterocycles. The first-order chi connectivity index (χ1) is 7.07. The van der Waals surface area contributed by atoms with Crippen molar-refractivity contribution < 1.29 is 9.84 Å². The summed E-state index contributed by atoms with van der Waals surface area (Å²) in [5, 5.41) is 10.4. The predicted molar refractivity (Wildman–Crippen MR) is 61.9 cm³/mol. The van der Waals surface area contributed by atoms with E-state index in [4.69, 9.17) is 10.5 Å². The van der Waals surface area contributed by atoms with E-state index >= 15 is 0 Å². The van der Waals surface area contributed by atoms with Gasteiger partial charge in [0, 0.05) is 11.3 Å². The molecule has 3 heteroatoms. The minimum Gasteiger partial charge on any atom is -0.497 e. The van der Waals surface area contributed by atoms with E-state index in [1.54, 1.807) is 19.2 Å². The fourth-order valence-corrected chi connectivity index (χ4v) is 1.70. The summed E-state index contributed by atoms with van der Waals surface area (Å²) in [5.41, 5.74) is 6.39. The summed E-state index contributed by atoms with van der Waals surface area (Å²) < 4.78 is 5.13. The number of hydrogen-bond donors (Lipinski definition) is 2. The van der Waals surface area contributed by atoms with Gasteiger partial charge in [0.05, 0.1) is 12.7 Å². The van der Waals surface area contributed by atoms with Crippen LogP contribution >= 0.6 is 0 Å². The van der Waals surface area contributed by atoms with E-state index in [0.717, 1.165) is 11.3 Å². The maximum Gasteiger partial charge on any atom is 0.119 e. The lowest BCUT2D eigenvalue weighted by Crippen LogP contribution is -2.24. The molecule has 84 valence electrons. The van der Waals surface area contributed by atoms with Crippen LogP contribution in [0.4, 0.5) is 5.69 Å². The smallest absolute Gasteiger partial charge is 0.119 e. The molecule has 1 aromatic carbocycles. The van der Waals surface area contributed by atoms with Gasteiger partial charge in [-0.15, -0.1) is 0 Å². The van der Waals surface area contributed by atoms with Gasteiger partial charge in [-0.3, -0.25) is 0 Å². The molecule has 0 radical (unpaired) electrons. The molecule has 15 heavy (non-hydrogen) atoms. The Kier molecular flexibility index (Phi) is 3.58. The minimum absolute atomic E-state index is 0.613. The highest BCUT2D eigenvalue weighted by atomic mass is 16.5. The quantitative estimate of drug-likeness (QED) is 0.748. The van der Waals surface area contributed by atoms with Crippen LogP contribution in [0.3, 0.4) is 0 Å². The maximum atomic E-state index is 10.4. The van der Waals surface area contributed by atoms with E-state index in [-0.39, 0.29) is 0 Å². The molecule has 0 heterocycles. The summed E-state index contributed by atoms with van der Waals surface area (Å²) in [6, 6.07) is 5.37. The monoisotopic (exact) mass is 209 g/mol. The fraction of sp³-hybridized carbons (Fsp3) is 0.500. The first-order valence-electron chi connectivity index (χ1n) is 5.23. The Morgan fingerprint density at radius 3 is 2.40 bits per heavy atom. The van der Waals surface area contributed by atoms with Gasteiger partial charge >= 0.3 is 0 Å². The van der Waals surface area contributed by atoms with Crippen LogP contribution in [-0.4, -0.2) is 12.2 Å². The van der Waals surface area contributed by atoms with Crippen LogP contribution in [0.1, 0.15) is 32.3 Å². The second-order valence-electron chi connectivity index (χ2n) is 3.69. The largest absolute Gasteiger partial charge is 0.497 e. The minimum atomic E-state index is -0.849. The third-order valence-corrected chi connectivity index (χ3v) is 2.93. The first-order valence-corrected chi connectivity index (χ1v) is 5.23. The number of nitrogens with two attached hydrogens (primary N) is 1. The molecule has 0 amide bonds. The molecule has 0 spiro atoms. The number of anilines is 1. The van der Waals surface area contributed by atoms with Gasteiger partial charge in [0.15, 0.2) is 0 Å². The third kappa shape index (κ3) is 2.23. The van der Waals surface area contributed by atoms with E-state index in [9.17, 15) is 5.11 Å². The SMILES string of the molecule is CCC(O)(CC)c1cc(OC)ccc1N. The van der Waals surface area contributed by atoms with Crippen LogP contribution < -0.4 is 10.5 Å². The summed E-state index contributed by atoms with van der Waals surface area (Å²) in [5.74, 6) is 0.722. The molecule has 0 aromatic heterocycles. The number of methoxy groups -OCH3 is 1. The van der Waals surface area contributed by atoms with Gasteiger partial charge in [0.2, 0.25) is 0 Å². The van der Waals surface area contributed by atoms with Gasteiger partial charge < -0.3 is 15.6 Å². The molecule has 0 fully saturated rings. The Morgan fingerprint density at radius 2 is 1.93 bits per heavy atom. The standard InChI is InChI=1S/C12H19NO2/c1-4-12(14,5-2)10-8-9(15-3)6-7-11(10)13/h6-8,14H,4-5,13H2,1-3H3. The number of benzene rings is 1. The summed E-state index contributed by atoms with van der Waals surface area (Å²) in [6.45, 7) is 3.89. The van der Waals surface area contributed by atoms with Crippen LogP contribution in [0.5, 0.6) is 5.75 Å². The van der Waals surface area contributed by atoms with Crippen molar-refractivity contribution >= 4 is 5.69 Å². The molecular weight excluding hydrogens is 190 g/mol. The van der Waals surface area contributed by atoms with Gasteiger partial charge in [-0.05, 0) is 31.0 Å². The highest BCUT2D eigenvalue weighted by molar-refractivity contribution is 5.53. The zero-order chi connectivity index (χ0) is 11.5. The topological polar surface area (TPSA) is 55.5 Å². The van der Waals surface area contributed by atoms with Crippen molar-refractivity contribution in [2.75, 3.05) is 12.8 Å². The lowest BCUT2D eigenvalue weighted by Gasteiger charge is -2.27. The molecule has 3 nitrogen and oxygen atoms in total. The van der Waals surface area contributed by atoms with Gasteiger partial charge in [0.1, 0.15) is 5.75 Å². The summed E-state index contributed by atoms with van der Waals surface area (Å²) >= 11 is 0. The Labute approximate surface area is 90.9 Å². The van der Waals surface area contributed by atoms with Gasteiger partial charge in [-0.2, -0.15) is 0 Å². The summed E-state index contributed by atoms with van der Waals surface area (Å²) in [4.78, 5) is 0. The molecule has 0 aliphatic rings. The normalized spacial score (nSPS) is 11.5. The molecular formula is C12H19NO2. The summed E-state index contributed by atoms with van der Waals surface area (Å²) in [7, 11) is 1.60. The van der Waals surface area contributed by atoms with Crippen molar-refractivity contribution in [1.29, 1.82) is 0 Å². The van der Waals surface area contributed by atoms with Gasteiger partial charge in [0.25, 0.3) is 0 Å². The van der Waals surface area contributed by atoms with E-state index in [1.807, 2.05) is 19.9 Å². The van der Waals surface area contributed by atoms with Crippen molar-refractivity contribution in [3.05, 3.63) is 23.8 Å². The van der Waals surface area contributed by atoms with E-state index in [1.165, 1.54) is 0 Å². The van der Waals surface area contributed by atoms with Crippen LogP contribution in [0.15, 0.2) is 18.2 Å². The van der Waals surface area contributed by atoms with Gasteiger partial charge in [-0.25, -0.2) is 0 Å². The molecule has 0 saturated heterocycles. The van der Waals surface area contributed by atoms with Crippen molar-refractivity contribution in [2.45, 2.75) is 32.3 Å². The number of aliphatic hydroxyl groups is 1. The average Bonchev–Trinajstić information content (AvgIpc) is 2.28. The lowest BCUT2D eigenvalue weighted by atomic mass is 9.87. The van der Waals surface area contributed by atoms with Crippen LogP contribution in [0.25, 0.3) is 0 Å². The van der Waals surface area contributed by atoms with Crippen LogP contribution in [0.2, 0.25) is 0 Å². The zero-order valence-electron chi connectivity index (χ0n) is 9.58. The first kappa shape index (κ1) is 11.9. The number of hydrogen-bond acceptors (Lipinski definition) is 3. The average molecular weight is 209 g/mol. The van der Waals surface area contributed by atoms with Crippen molar-refractivity contribution in [3.8, 4) is 5.75 Å². The molecule has 1 rings (SSSR count). The number of ether oxygens (including phenoxy) is 1. The van der Waals surface area contributed by atoms with Gasteiger partial charge in [-0.1, -0.05) is 13.8 Å². The molecule has 0 saturated carbocycles. The van der Waals surface area contributed by atoms with E-state index in [2.05, 4.69) is 0 Å². The van der Waals surface area contributed by atoms with E-state index < -0.39 is 5.60 Å².